The van der Waals surface area contributed by atoms with Crippen LogP contribution in [-0.4, -0.2) is 30.3 Å². The molecule has 0 saturated heterocycles. The smallest absolute Gasteiger partial charge is 0.340 e. The second-order valence-corrected chi connectivity index (χ2v) is 6.46. The summed E-state index contributed by atoms with van der Waals surface area (Å²) in [6.07, 6.45) is 6.75. The van der Waals surface area contributed by atoms with Crippen molar-refractivity contribution in [2.75, 3.05) is 6.61 Å². The van der Waals surface area contributed by atoms with Crippen LogP contribution in [0.4, 0.5) is 0 Å². The van der Waals surface area contributed by atoms with Gasteiger partial charge in [-0.15, -0.1) is 0 Å². The summed E-state index contributed by atoms with van der Waals surface area (Å²) in [5.74, 6) is -0.343. The molecule has 1 aromatic rings. The van der Waals surface area contributed by atoms with Gasteiger partial charge < -0.3 is 19.3 Å². The SMILES string of the molecule is CCCCCCOC(CCC)OC(CCC)OC(=O)c1ccc(O)cc1. The van der Waals surface area contributed by atoms with Gasteiger partial charge in [-0.3, -0.25) is 0 Å². The summed E-state index contributed by atoms with van der Waals surface area (Å²) in [6.45, 7) is 6.94. The highest BCUT2D eigenvalue weighted by molar-refractivity contribution is 5.89. The fourth-order valence-corrected chi connectivity index (χ4v) is 2.51. The number of unbranched alkanes of at least 4 members (excludes halogenated alkanes) is 3. The van der Waals surface area contributed by atoms with Crippen LogP contribution in [0.2, 0.25) is 0 Å². The van der Waals surface area contributed by atoms with E-state index in [9.17, 15) is 9.90 Å². The minimum Gasteiger partial charge on any atom is -0.508 e. The predicted molar refractivity (Wildman–Crippen MR) is 102 cm³/mol. The van der Waals surface area contributed by atoms with Gasteiger partial charge in [0.25, 0.3) is 0 Å². The number of benzene rings is 1. The Balaban J connectivity index is 2.55. The zero-order valence-corrected chi connectivity index (χ0v) is 16.4. The lowest BCUT2D eigenvalue weighted by atomic mass is 10.2. The number of hydrogen-bond donors (Lipinski definition) is 1. The van der Waals surface area contributed by atoms with E-state index in [1.165, 1.54) is 37.1 Å². The Bertz CT molecular complexity index is 486. The van der Waals surface area contributed by atoms with Crippen molar-refractivity contribution in [1.29, 1.82) is 0 Å². The number of esters is 1. The summed E-state index contributed by atoms with van der Waals surface area (Å²) in [6, 6.07) is 6.00. The Kier molecular flexibility index (Phi) is 11.7. The van der Waals surface area contributed by atoms with E-state index >= 15 is 0 Å². The molecule has 0 spiro atoms. The fraction of sp³-hybridized carbons (Fsp3) is 0.667. The minimum atomic E-state index is -0.631. The van der Waals surface area contributed by atoms with Crippen molar-refractivity contribution in [2.24, 2.45) is 0 Å². The molecule has 5 heteroatoms. The monoisotopic (exact) mass is 366 g/mol. The highest BCUT2D eigenvalue weighted by Crippen LogP contribution is 2.17. The van der Waals surface area contributed by atoms with Crippen molar-refractivity contribution in [3.05, 3.63) is 29.8 Å². The van der Waals surface area contributed by atoms with Gasteiger partial charge in [-0.1, -0.05) is 52.9 Å². The third-order valence-electron chi connectivity index (χ3n) is 4.00. The van der Waals surface area contributed by atoms with E-state index in [0.29, 0.717) is 18.6 Å². The maximum absolute atomic E-state index is 12.3. The molecule has 0 saturated carbocycles. The molecule has 0 aliphatic carbocycles. The van der Waals surface area contributed by atoms with Crippen molar-refractivity contribution >= 4 is 5.97 Å². The Morgan fingerprint density at radius 2 is 1.58 bits per heavy atom. The number of ether oxygens (including phenoxy) is 3. The van der Waals surface area contributed by atoms with Gasteiger partial charge in [0.15, 0.2) is 6.29 Å². The molecule has 1 rings (SSSR count). The first-order valence-corrected chi connectivity index (χ1v) is 9.87. The first kappa shape index (κ1) is 22.5. The second kappa shape index (κ2) is 13.6. The molecule has 26 heavy (non-hydrogen) atoms. The number of phenols is 1. The van der Waals surface area contributed by atoms with Gasteiger partial charge >= 0.3 is 5.97 Å². The number of hydrogen-bond acceptors (Lipinski definition) is 5. The first-order chi connectivity index (χ1) is 12.6. The third kappa shape index (κ3) is 9.20. The van der Waals surface area contributed by atoms with Crippen molar-refractivity contribution in [3.8, 4) is 5.75 Å². The predicted octanol–water partition coefficient (Wildman–Crippen LogP) is 5.41. The first-order valence-electron chi connectivity index (χ1n) is 9.87. The van der Waals surface area contributed by atoms with E-state index in [-0.39, 0.29) is 12.0 Å². The zero-order chi connectivity index (χ0) is 19.2. The number of rotatable bonds is 14. The molecule has 2 unspecified atom stereocenters. The van der Waals surface area contributed by atoms with Crippen molar-refractivity contribution in [1.82, 2.24) is 0 Å². The number of phenolic OH excluding ortho intramolecular Hbond substituents is 1. The van der Waals surface area contributed by atoms with Gasteiger partial charge in [-0.25, -0.2) is 4.79 Å². The summed E-state index contributed by atoms with van der Waals surface area (Å²) >= 11 is 0. The standard InChI is InChI=1S/C21H34O5/c1-4-7-8-9-16-24-19(10-5-2)25-20(11-6-3)26-21(23)17-12-14-18(22)15-13-17/h12-15,19-20,22H,4-11,16H2,1-3H3. The Morgan fingerprint density at radius 3 is 2.19 bits per heavy atom. The highest BCUT2D eigenvalue weighted by atomic mass is 16.8. The van der Waals surface area contributed by atoms with Crippen molar-refractivity contribution in [2.45, 2.75) is 84.7 Å². The molecule has 0 fully saturated rings. The maximum atomic E-state index is 12.3. The van der Waals surface area contributed by atoms with E-state index in [2.05, 4.69) is 13.8 Å². The molecule has 1 aromatic carbocycles. The van der Waals surface area contributed by atoms with Gasteiger partial charge in [0.1, 0.15) is 5.75 Å². The zero-order valence-electron chi connectivity index (χ0n) is 16.4. The third-order valence-corrected chi connectivity index (χ3v) is 4.00. The van der Waals surface area contributed by atoms with Crippen molar-refractivity contribution < 1.29 is 24.1 Å². The molecular formula is C21H34O5. The molecule has 0 bridgehead atoms. The average molecular weight is 366 g/mol. The fourth-order valence-electron chi connectivity index (χ4n) is 2.51. The molecule has 0 radical (unpaired) electrons. The molecule has 1 N–H and O–H groups in total. The molecule has 0 aliphatic rings. The van der Waals surface area contributed by atoms with E-state index in [0.717, 1.165) is 32.1 Å². The molecule has 0 aliphatic heterocycles. The van der Waals surface area contributed by atoms with Crippen molar-refractivity contribution in [3.63, 3.8) is 0 Å². The Morgan fingerprint density at radius 1 is 0.923 bits per heavy atom. The van der Waals surface area contributed by atoms with Crippen LogP contribution in [0, 0.1) is 0 Å². The van der Waals surface area contributed by atoms with Gasteiger partial charge in [0.2, 0.25) is 6.29 Å². The lowest BCUT2D eigenvalue weighted by molar-refractivity contribution is -0.232. The summed E-state index contributed by atoms with van der Waals surface area (Å²) in [4.78, 5) is 12.3. The second-order valence-electron chi connectivity index (χ2n) is 6.46. The van der Waals surface area contributed by atoms with Gasteiger partial charge in [0, 0.05) is 13.0 Å². The van der Waals surface area contributed by atoms with Gasteiger partial charge in [-0.05, 0) is 37.1 Å². The van der Waals surface area contributed by atoms with Crippen LogP contribution in [-0.2, 0) is 14.2 Å². The molecule has 0 amide bonds. The largest absolute Gasteiger partial charge is 0.508 e. The Labute approximate surface area is 157 Å². The van der Waals surface area contributed by atoms with Crippen LogP contribution in [0.15, 0.2) is 24.3 Å². The summed E-state index contributed by atoms with van der Waals surface area (Å²) < 4.78 is 17.3. The topological polar surface area (TPSA) is 65.0 Å². The van der Waals surface area contributed by atoms with Crippen LogP contribution in [0.1, 0.15) is 82.5 Å². The summed E-state index contributed by atoms with van der Waals surface area (Å²) in [5.41, 5.74) is 0.389. The van der Waals surface area contributed by atoms with E-state index in [4.69, 9.17) is 14.2 Å². The van der Waals surface area contributed by atoms with E-state index in [1.807, 2.05) is 6.92 Å². The number of carbonyl (C=O) groups is 1. The molecule has 0 aromatic heterocycles. The van der Waals surface area contributed by atoms with Gasteiger partial charge in [-0.2, -0.15) is 0 Å². The van der Waals surface area contributed by atoms with Gasteiger partial charge in [0.05, 0.1) is 5.56 Å². The van der Waals surface area contributed by atoms with Crippen LogP contribution in [0.25, 0.3) is 0 Å². The highest BCUT2D eigenvalue weighted by Gasteiger charge is 2.21. The van der Waals surface area contributed by atoms with E-state index in [1.54, 1.807) is 0 Å². The summed E-state index contributed by atoms with van der Waals surface area (Å²) in [5, 5.41) is 9.33. The molecular weight excluding hydrogens is 332 g/mol. The normalized spacial score (nSPS) is 13.3. The van der Waals surface area contributed by atoms with Crippen LogP contribution >= 0.6 is 0 Å². The summed E-state index contributed by atoms with van der Waals surface area (Å²) in [7, 11) is 0. The molecule has 0 heterocycles. The lowest BCUT2D eigenvalue weighted by Crippen LogP contribution is -2.29. The van der Waals surface area contributed by atoms with Crippen LogP contribution in [0.3, 0.4) is 0 Å². The maximum Gasteiger partial charge on any atom is 0.340 e. The quantitative estimate of drug-likeness (QED) is 0.271. The average Bonchev–Trinajstić information content (AvgIpc) is 2.62. The van der Waals surface area contributed by atoms with Crippen LogP contribution < -0.4 is 0 Å². The molecule has 5 nitrogen and oxygen atoms in total. The van der Waals surface area contributed by atoms with E-state index < -0.39 is 12.3 Å². The molecule has 148 valence electrons. The van der Waals surface area contributed by atoms with Crippen LogP contribution in [0.5, 0.6) is 5.75 Å². The Hall–Kier alpha value is -1.59. The molecule has 2 atom stereocenters. The minimum absolute atomic E-state index is 0.113. The lowest BCUT2D eigenvalue weighted by Gasteiger charge is -2.24. The number of carbonyl (C=O) groups excluding carboxylic acids is 1. The number of aromatic hydroxyl groups is 1.